The maximum absolute atomic E-state index is 10.2. The fraction of sp³-hybridized carbons (Fsp3) is 0.0833. The lowest BCUT2D eigenvalue weighted by molar-refractivity contribution is -0.131. The molecule has 1 aromatic carbocycles. The number of carboxylic acids is 1. The van der Waals surface area contributed by atoms with Crippen molar-refractivity contribution < 1.29 is 9.90 Å². The van der Waals surface area contributed by atoms with Crippen molar-refractivity contribution in [1.82, 2.24) is 0 Å². The quantitative estimate of drug-likeness (QED) is 0.629. The Morgan fingerprint density at radius 3 is 2.80 bits per heavy atom. The summed E-state index contributed by atoms with van der Waals surface area (Å²) in [6.45, 7) is 1.90. The van der Waals surface area contributed by atoms with Crippen molar-refractivity contribution in [3.05, 3.63) is 53.1 Å². The molecule has 3 heteroatoms. The minimum Gasteiger partial charge on any atom is -0.478 e. The molecular formula is C12H11ClO2. The first-order chi connectivity index (χ1) is 7.09. The lowest BCUT2D eigenvalue weighted by Crippen LogP contribution is -1.85. The van der Waals surface area contributed by atoms with Gasteiger partial charge in [0.25, 0.3) is 0 Å². The molecule has 0 fully saturated rings. The zero-order chi connectivity index (χ0) is 11.3. The molecule has 0 bridgehead atoms. The standard InChI is InChI=1S/C12H11ClO2/c1-9(4-2-7-12(14)15)10-5-3-6-11(13)8-10/h2-8H,1H3,(H,14,15)/b7-2+,9-4-. The molecule has 78 valence electrons. The van der Waals surface area contributed by atoms with Crippen LogP contribution in [0.15, 0.2) is 42.5 Å². The van der Waals surface area contributed by atoms with Crippen LogP contribution < -0.4 is 0 Å². The maximum Gasteiger partial charge on any atom is 0.328 e. The summed E-state index contributed by atoms with van der Waals surface area (Å²) in [7, 11) is 0. The van der Waals surface area contributed by atoms with E-state index in [1.807, 2.05) is 25.1 Å². The van der Waals surface area contributed by atoms with E-state index in [1.165, 1.54) is 6.08 Å². The highest BCUT2D eigenvalue weighted by Gasteiger charge is 1.94. The Labute approximate surface area is 93.5 Å². The van der Waals surface area contributed by atoms with Crippen molar-refractivity contribution in [2.75, 3.05) is 0 Å². The molecule has 1 rings (SSSR count). The molecular weight excluding hydrogens is 212 g/mol. The van der Waals surface area contributed by atoms with Gasteiger partial charge in [0.05, 0.1) is 0 Å². The average molecular weight is 223 g/mol. The molecule has 0 saturated heterocycles. The van der Waals surface area contributed by atoms with Gasteiger partial charge in [0.2, 0.25) is 0 Å². The van der Waals surface area contributed by atoms with Gasteiger partial charge in [0, 0.05) is 11.1 Å². The number of halogens is 1. The Bertz CT molecular complexity index is 419. The van der Waals surface area contributed by atoms with Crippen LogP contribution in [0.3, 0.4) is 0 Å². The molecule has 0 atom stereocenters. The zero-order valence-corrected chi connectivity index (χ0v) is 9.03. The van der Waals surface area contributed by atoms with E-state index in [-0.39, 0.29) is 0 Å². The van der Waals surface area contributed by atoms with Gasteiger partial charge in [-0.2, -0.15) is 0 Å². The van der Waals surface area contributed by atoms with E-state index in [4.69, 9.17) is 16.7 Å². The predicted octanol–water partition coefficient (Wildman–Crippen LogP) is 3.38. The summed E-state index contributed by atoms with van der Waals surface area (Å²) < 4.78 is 0. The van der Waals surface area contributed by atoms with E-state index in [0.29, 0.717) is 5.02 Å². The second kappa shape index (κ2) is 5.37. The number of rotatable bonds is 3. The van der Waals surface area contributed by atoms with Crippen molar-refractivity contribution in [2.24, 2.45) is 0 Å². The lowest BCUT2D eigenvalue weighted by Gasteiger charge is -2.00. The molecule has 0 aliphatic rings. The summed E-state index contributed by atoms with van der Waals surface area (Å²) in [5, 5.41) is 9.07. The van der Waals surface area contributed by atoms with Gasteiger partial charge in [0.15, 0.2) is 0 Å². The first-order valence-electron chi connectivity index (χ1n) is 4.43. The average Bonchev–Trinajstić information content (AvgIpc) is 2.17. The number of allylic oxidation sites excluding steroid dienone is 3. The molecule has 1 aromatic rings. The van der Waals surface area contributed by atoms with Crippen LogP contribution in [0.1, 0.15) is 12.5 Å². The summed E-state index contributed by atoms with van der Waals surface area (Å²) in [6.07, 6.45) is 4.33. The van der Waals surface area contributed by atoms with Gasteiger partial charge in [0.1, 0.15) is 0 Å². The van der Waals surface area contributed by atoms with Gasteiger partial charge < -0.3 is 5.11 Å². The van der Waals surface area contributed by atoms with Crippen molar-refractivity contribution in [3.8, 4) is 0 Å². The first kappa shape index (κ1) is 11.5. The zero-order valence-electron chi connectivity index (χ0n) is 8.27. The molecule has 0 aliphatic heterocycles. The van der Waals surface area contributed by atoms with Crippen LogP contribution in [-0.2, 0) is 4.79 Å². The summed E-state index contributed by atoms with van der Waals surface area (Å²) in [5.41, 5.74) is 1.95. The van der Waals surface area contributed by atoms with Crippen molar-refractivity contribution in [2.45, 2.75) is 6.92 Å². The molecule has 1 N–H and O–H groups in total. The van der Waals surface area contributed by atoms with Gasteiger partial charge in [-0.15, -0.1) is 0 Å². The summed E-state index contributed by atoms with van der Waals surface area (Å²) in [4.78, 5) is 10.2. The Morgan fingerprint density at radius 2 is 2.20 bits per heavy atom. The minimum atomic E-state index is -0.954. The van der Waals surface area contributed by atoms with Gasteiger partial charge in [-0.25, -0.2) is 4.79 Å². The van der Waals surface area contributed by atoms with Crippen LogP contribution in [0, 0.1) is 0 Å². The van der Waals surface area contributed by atoms with E-state index in [0.717, 1.165) is 17.2 Å². The van der Waals surface area contributed by atoms with E-state index in [2.05, 4.69) is 0 Å². The highest BCUT2D eigenvalue weighted by molar-refractivity contribution is 6.30. The van der Waals surface area contributed by atoms with Gasteiger partial charge in [-0.05, 0) is 30.2 Å². The fourth-order valence-corrected chi connectivity index (χ4v) is 1.30. The second-order valence-electron chi connectivity index (χ2n) is 3.06. The largest absolute Gasteiger partial charge is 0.478 e. The van der Waals surface area contributed by atoms with Crippen molar-refractivity contribution in [1.29, 1.82) is 0 Å². The van der Waals surface area contributed by atoms with Gasteiger partial charge in [-0.3, -0.25) is 0 Å². The molecule has 2 nitrogen and oxygen atoms in total. The Kier molecular flexibility index (Phi) is 4.13. The number of hydrogen-bond donors (Lipinski definition) is 1. The van der Waals surface area contributed by atoms with Crippen LogP contribution in [-0.4, -0.2) is 11.1 Å². The highest BCUT2D eigenvalue weighted by Crippen LogP contribution is 2.18. The van der Waals surface area contributed by atoms with E-state index >= 15 is 0 Å². The second-order valence-corrected chi connectivity index (χ2v) is 3.49. The number of hydrogen-bond acceptors (Lipinski definition) is 1. The molecule has 0 amide bonds. The normalized spacial score (nSPS) is 12.0. The Balaban J connectivity index is 2.84. The Hall–Kier alpha value is -1.54. The molecule has 0 saturated carbocycles. The van der Waals surface area contributed by atoms with E-state index < -0.39 is 5.97 Å². The third-order valence-corrected chi connectivity index (χ3v) is 2.10. The molecule has 0 aliphatic carbocycles. The molecule has 0 heterocycles. The van der Waals surface area contributed by atoms with Crippen LogP contribution in [0.25, 0.3) is 5.57 Å². The number of carbonyl (C=O) groups is 1. The highest BCUT2D eigenvalue weighted by atomic mass is 35.5. The van der Waals surface area contributed by atoms with E-state index in [9.17, 15) is 4.79 Å². The van der Waals surface area contributed by atoms with E-state index in [1.54, 1.807) is 12.1 Å². The molecule has 15 heavy (non-hydrogen) atoms. The summed E-state index contributed by atoms with van der Waals surface area (Å²) >= 11 is 5.83. The number of benzene rings is 1. The Morgan fingerprint density at radius 1 is 1.47 bits per heavy atom. The van der Waals surface area contributed by atoms with Crippen LogP contribution in [0.4, 0.5) is 0 Å². The SMILES string of the molecule is C/C(=C/C=C/C(=O)O)c1cccc(Cl)c1. The van der Waals surface area contributed by atoms with Crippen LogP contribution in [0.5, 0.6) is 0 Å². The first-order valence-corrected chi connectivity index (χ1v) is 4.81. The smallest absolute Gasteiger partial charge is 0.328 e. The molecule has 0 spiro atoms. The topological polar surface area (TPSA) is 37.3 Å². The molecule has 0 unspecified atom stereocenters. The maximum atomic E-state index is 10.2. The minimum absolute atomic E-state index is 0.669. The molecule has 0 aromatic heterocycles. The van der Waals surface area contributed by atoms with Crippen molar-refractivity contribution in [3.63, 3.8) is 0 Å². The number of aliphatic carboxylic acids is 1. The van der Waals surface area contributed by atoms with Gasteiger partial charge >= 0.3 is 5.97 Å². The third-order valence-electron chi connectivity index (χ3n) is 1.86. The van der Waals surface area contributed by atoms with Crippen LogP contribution >= 0.6 is 11.6 Å². The summed E-state index contributed by atoms with van der Waals surface area (Å²) in [6, 6.07) is 7.41. The van der Waals surface area contributed by atoms with Crippen molar-refractivity contribution >= 4 is 23.1 Å². The monoisotopic (exact) mass is 222 g/mol. The molecule has 0 radical (unpaired) electrons. The number of carboxylic acid groups (broad SMARTS) is 1. The fourth-order valence-electron chi connectivity index (χ4n) is 1.10. The predicted molar refractivity (Wildman–Crippen MR) is 61.9 cm³/mol. The van der Waals surface area contributed by atoms with Crippen LogP contribution in [0.2, 0.25) is 5.02 Å². The third kappa shape index (κ3) is 4.00. The summed E-state index contributed by atoms with van der Waals surface area (Å²) in [5.74, 6) is -0.954. The lowest BCUT2D eigenvalue weighted by atomic mass is 10.1. The van der Waals surface area contributed by atoms with Gasteiger partial charge in [-0.1, -0.05) is 35.9 Å².